The lowest BCUT2D eigenvalue weighted by Crippen LogP contribution is -3.12. The number of aryl methyl sites for hydroxylation is 1. The van der Waals surface area contributed by atoms with E-state index in [0.717, 1.165) is 36.4 Å². The number of nitrogens with zero attached hydrogens (tertiary/aromatic N) is 1. The molecule has 27 heavy (non-hydrogen) atoms. The van der Waals surface area contributed by atoms with Crippen LogP contribution in [0, 0.1) is 6.92 Å². The first-order valence-corrected chi connectivity index (χ1v) is 9.62. The fourth-order valence-corrected chi connectivity index (χ4v) is 4.24. The smallest absolute Gasteiger partial charge is 0.303 e. The maximum absolute atomic E-state index is 12.6. The van der Waals surface area contributed by atoms with Crippen molar-refractivity contribution in [2.75, 3.05) is 24.7 Å². The Morgan fingerprint density at radius 3 is 2.67 bits per heavy atom. The molecule has 0 aliphatic carbocycles. The second-order valence-corrected chi connectivity index (χ2v) is 7.35. The highest BCUT2D eigenvalue weighted by atomic mass is 16.5. The minimum absolute atomic E-state index is 0.332. The first-order chi connectivity index (χ1) is 13.1. The van der Waals surface area contributed by atoms with Gasteiger partial charge in [0.1, 0.15) is 11.8 Å². The van der Waals surface area contributed by atoms with Gasteiger partial charge in [0.2, 0.25) is 0 Å². The third kappa shape index (κ3) is 3.23. The van der Waals surface area contributed by atoms with E-state index in [2.05, 4.69) is 12.1 Å². The fraction of sp³-hybridized carbons (Fsp3) is 0.364. The van der Waals surface area contributed by atoms with E-state index in [1.165, 1.54) is 10.5 Å². The van der Waals surface area contributed by atoms with Gasteiger partial charge in [-0.05, 0) is 50.2 Å². The van der Waals surface area contributed by atoms with Crippen molar-refractivity contribution in [2.45, 2.75) is 32.7 Å². The van der Waals surface area contributed by atoms with Gasteiger partial charge in [-0.15, -0.1) is 0 Å². The van der Waals surface area contributed by atoms with E-state index >= 15 is 0 Å². The Kier molecular flexibility index (Phi) is 4.70. The predicted molar refractivity (Wildman–Crippen MR) is 103 cm³/mol. The molecule has 0 bridgehead atoms. The average molecular weight is 365 g/mol. The summed E-state index contributed by atoms with van der Waals surface area (Å²) in [4.78, 5) is 27.9. The molecule has 0 radical (unpaired) electrons. The summed E-state index contributed by atoms with van der Waals surface area (Å²) in [5, 5.41) is 0. The van der Waals surface area contributed by atoms with Gasteiger partial charge >= 0.3 is 5.91 Å². The summed E-state index contributed by atoms with van der Waals surface area (Å²) >= 11 is 0. The van der Waals surface area contributed by atoms with Crippen LogP contribution < -0.4 is 14.5 Å². The van der Waals surface area contributed by atoms with E-state index < -0.39 is 5.91 Å². The van der Waals surface area contributed by atoms with Crippen LogP contribution in [0.25, 0.3) is 0 Å². The van der Waals surface area contributed by atoms with Crippen LogP contribution in [0.4, 0.5) is 5.69 Å². The van der Waals surface area contributed by atoms with Gasteiger partial charge in [-0.25, -0.2) is 0 Å². The number of nitrogens with one attached hydrogen (secondary N) is 1. The van der Waals surface area contributed by atoms with Crippen molar-refractivity contribution < 1.29 is 19.2 Å². The van der Waals surface area contributed by atoms with E-state index in [9.17, 15) is 9.59 Å². The molecule has 1 unspecified atom stereocenters. The minimum Gasteiger partial charge on any atom is -0.494 e. The third-order valence-electron chi connectivity index (χ3n) is 5.57. The van der Waals surface area contributed by atoms with Gasteiger partial charge in [-0.2, -0.15) is 0 Å². The fourth-order valence-electron chi connectivity index (χ4n) is 4.24. The van der Waals surface area contributed by atoms with Crippen molar-refractivity contribution in [3.8, 4) is 5.75 Å². The predicted octanol–water partition coefficient (Wildman–Crippen LogP) is 2.30. The maximum Gasteiger partial charge on any atom is 0.303 e. The van der Waals surface area contributed by atoms with Crippen molar-refractivity contribution in [3.05, 3.63) is 59.2 Å². The van der Waals surface area contributed by atoms with Gasteiger partial charge in [0, 0.05) is 18.4 Å². The molecule has 1 saturated heterocycles. The second kappa shape index (κ2) is 7.16. The molecule has 1 amide bonds. The Morgan fingerprint density at radius 1 is 1.15 bits per heavy atom. The number of anilines is 1. The lowest BCUT2D eigenvalue weighted by Gasteiger charge is -2.26. The van der Waals surface area contributed by atoms with Crippen LogP contribution in [0.1, 0.15) is 47.3 Å². The zero-order chi connectivity index (χ0) is 19.0. The van der Waals surface area contributed by atoms with Crippen LogP contribution in [0.2, 0.25) is 0 Å². The molecule has 0 aromatic heterocycles. The summed E-state index contributed by atoms with van der Waals surface area (Å²) in [6.45, 7) is 6.10. The number of carbonyl (C=O) groups excluding carboxylic acids is 2. The Balaban J connectivity index is 1.55. The highest BCUT2D eigenvalue weighted by Crippen LogP contribution is 2.29. The number of hydrogen-bond acceptors (Lipinski definition) is 3. The molecule has 2 aromatic rings. The molecule has 5 nitrogen and oxygen atoms in total. The van der Waals surface area contributed by atoms with Gasteiger partial charge in [0.15, 0.2) is 6.67 Å². The number of fused-ring (bicyclic) bond motifs is 1. The van der Waals surface area contributed by atoms with Crippen LogP contribution in [-0.4, -0.2) is 31.5 Å². The van der Waals surface area contributed by atoms with Gasteiger partial charge in [-0.3, -0.25) is 14.5 Å². The Morgan fingerprint density at radius 2 is 1.93 bits per heavy atom. The quantitative estimate of drug-likeness (QED) is 0.828. The van der Waals surface area contributed by atoms with Crippen molar-refractivity contribution in [1.82, 2.24) is 0 Å². The van der Waals surface area contributed by atoms with Gasteiger partial charge in [0.25, 0.3) is 5.78 Å². The molecule has 2 aliphatic rings. The number of benzene rings is 2. The lowest BCUT2D eigenvalue weighted by molar-refractivity contribution is -0.917. The molecular formula is C22H25N2O3+. The largest absolute Gasteiger partial charge is 0.494 e. The number of Topliss-reactive ketones (excluding diaryl/α,β-unsaturated/α-hetero) is 1. The van der Waals surface area contributed by atoms with Crippen molar-refractivity contribution in [2.24, 2.45) is 0 Å². The maximum atomic E-state index is 12.6. The zero-order valence-electron chi connectivity index (χ0n) is 15.8. The highest BCUT2D eigenvalue weighted by Gasteiger charge is 2.40. The first-order valence-electron chi connectivity index (χ1n) is 9.62. The second-order valence-electron chi connectivity index (χ2n) is 7.35. The number of hydrogen-bond donors (Lipinski definition) is 1. The molecule has 140 valence electrons. The van der Waals surface area contributed by atoms with Crippen molar-refractivity contribution >= 4 is 17.4 Å². The molecule has 1 N–H and O–H groups in total. The van der Waals surface area contributed by atoms with Crippen LogP contribution >= 0.6 is 0 Å². The number of carbonyl (C=O) groups is 2. The lowest BCUT2D eigenvalue weighted by atomic mass is 10.0. The molecule has 2 heterocycles. The topological polar surface area (TPSA) is 51.1 Å². The van der Waals surface area contributed by atoms with Crippen LogP contribution in [0.15, 0.2) is 42.5 Å². The zero-order valence-corrected chi connectivity index (χ0v) is 15.8. The van der Waals surface area contributed by atoms with Crippen molar-refractivity contribution in [3.63, 3.8) is 0 Å². The molecular weight excluding hydrogens is 340 g/mol. The van der Waals surface area contributed by atoms with Gasteiger partial charge in [-0.1, -0.05) is 11.6 Å². The van der Waals surface area contributed by atoms with E-state index in [1.54, 1.807) is 4.90 Å². The Bertz CT molecular complexity index is 876. The normalized spacial score (nSPS) is 21.6. The monoisotopic (exact) mass is 365 g/mol. The van der Waals surface area contributed by atoms with Gasteiger partial charge in [0.05, 0.1) is 24.4 Å². The highest BCUT2D eigenvalue weighted by molar-refractivity contribution is 6.52. The first kappa shape index (κ1) is 17.7. The number of ether oxygens (including phenoxy) is 1. The molecule has 0 saturated carbocycles. The standard InChI is InChI=1S/C22H24N2O3/c1-3-27-17-9-7-16(8-10-17)19-5-4-12-23(19)14-24-20-11-6-15(2)13-18(20)21(25)22(24)26/h6-11,13,19H,3-5,12,14H2,1-2H3/p+1/t19-/m1/s1. The minimum atomic E-state index is -0.402. The number of quaternary nitrogens is 1. The van der Waals surface area contributed by atoms with Crippen LogP contribution in [0.5, 0.6) is 5.75 Å². The Labute approximate surface area is 159 Å². The van der Waals surface area contributed by atoms with Gasteiger partial charge < -0.3 is 9.64 Å². The van der Waals surface area contributed by atoms with Crippen molar-refractivity contribution in [1.29, 1.82) is 0 Å². The number of rotatable bonds is 5. The Hall–Kier alpha value is -2.66. The summed E-state index contributed by atoms with van der Waals surface area (Å²) in [5.41, 5.74) is 3.54. The van der Waals surface area contributed by atoms with Crippen LogP contribution in [-0.2, 0) is 4.79 Å². The number of ketones is 1. The molecule has 5 heteroatoms. The third-order valence-corrected chi connectivity index (χ3v) is 5.57. The summed E-state index contributed by atoms with van der Waals surface area (Å²) in [6, 6.07) is 14.3. The molecule has 2 aliphatic heterocycles. The molecule has 1 fully saturated rings. The number of likely N-dealkylation sites (tertiary alicyclic amines) is 1. The summed E-state index contributed by atoms with van der Waals surface area (Å²) < 4.78 is 5.54. The summed E-state index contributed by atoms with van der Waals surface area (Å²) in [6.07, 6.45) is 2.20. The molecule has 0 spiro atoms. The average Bonchev–Trinajstić information content (AvgIpc) is 3.22. The SMILES string of the molecule is CCOc1ccc([C@H]2CCC[NH+]2CN2C(=O)C(=O)c3cc(C)ccc32)cc1. The van der Waals surface area contributed by atoms with E-state index in [1.807, 2.05) is 44.2 Å². The molecule has 2 aromatic carbocycles. The summed E-state index contributed by atoms with van der Waals surface area (Å²) in [5.74, 6) is 0.0933. The number of amides is 1. The van der Waals surface area contributed by atoms with Crippen LogP contribution in [0.3, 0.4) is 0 Å². The molecule has 4 rings (SSSR count). The van der Waals surface area contributed by atoms with E-state index in [-0.39, 0.29) is 5.78 Å². The van der Waals surface area contributed by atoms with E-state index in [4.69, 9.17) is 4.74 Å². The van der Waals surface area contributed by atoms with E-state index in [0.29, 0.717) is 24.9 Å². The molecule has 2 atom stereocenters. The summed E-state index contributed by atoms with van der Waals surface area (Å²) in [7, 11) is 0.